The van der Waals surface area contributed by atoms with Gasteiger partial charge in [0, 0.05) is 17.6 Å². The number of anilines is 1. The second-order valence-corrected chi connectivity index (χ2v) is 4.90. The molecule has 0 aromatic heterocycles. The van der Waals surface area contributed by atoms with E-state index in [2.05, 4.69) is 18.7 Å². The van der Waals surface area contributed by atoms with Crippen molar-refractivity contribution in [2.24, 2.45) is 5.41 Å². The lowest BCUT2D eigenvalue weighted by molar-refractivity contribution is -0.113. The third kappa shape index (κ3) is 1.66. The molecular weight excluding hydrogens is 202 g/mol. The van der Waals surface area contributed by atoms with E-state index < -0.39 is 0 Å². The number of carbonyl (C=O) groups excluding carboxylic acids is 1. The number of ether oxygens (including phenoxy) is 1. The highest BCUT2D eigenvalue weighted by atomic mass is 16.5. The summed E-state index contributed by atoms with van der Waals surface area (Å²) >= 11 is 0. The van der Waals surface area contributed by atoms with Crippen molar-refractivity contribution in [2.75, 3.05) is 18.6 Å². The Hall–Kier alpha value is -1.51. The summed E-state index contributed by atoms with van der Waals surface area (Å²) in [7, 11) is 1.65. The van der Waals surface area contributed by atoms with E-state index in [4.69, 9.17) is 4.74 Å². The van der Waals surface area contributed by atoms with E-state index in [1.54, 1.807) is 7.11 Å². The van der Waals surface area contributed by atoms with Gasteiger partial charge in [-0.3, -0.25) is 0 Å². The second kappa shape index (κ2) is 3.81. The molecular formula is C13H17NO2. The zero-order chi connectivity index (χ0) is 11.8. The van der Waals surface area contributed by atoms with Crippen LogP contribution < -0.4 is 9.64 Å². The Labute approximate surface area is 96.0 Å². The average Bonchev–Trinajstić information content (AvgIpc) is 2.27. The summed E-state index contributed by atoms with van der Waals surface area (Å²) in [6.45, 7) is 5.15. The fraction of sp³-hybridized carbons (Fsp3) is 0.462. The predicted molar refractivity (Wildman–Crippen MR) is 64.0 cm³/mol. The Kier molecular flexibility index (Phi) is 2.62. The molecule has 1 atom stereocenters. The molecule has 0 bridgehead atoms. The lowest BCUT2D eigenvalue weighted by Gasteiger charge is -2.53. The van der Waals surface area contributed by atoms with Gasteiger partial charge in [0.25, 0.3) is 0 Å². The summed E-state index contributed by atoms with van der Waals surface area (Å²) in [6, 6.07) is 7.81. The standard InChI is InChI=1S/C13H17NO2/c1-13(2)9-14(12(13)8-15)10-4-6-11(16-3)7-5-10/h4-8,12H,9H2,1-3H3/t12-/m1/s1. The highest BCUT2D eigenvalue weighted by Gasteiger charge is 2.45. The molecule has 0 radical (unpaired) electrons. The zero-order valence-electron chi connectivity index (χ0n) is 9.93. The van der Waals surface area contributed by atoms with Crippen LogP contribution in [-0.2, 0) is 4.79 Å². The maximum Gasteiger partial charge on any atom is 0.143 e. The number of hydrogen-bond donors (Lipinski definition) is 0. The van der Waals surface area contributed by atoms with Crippen molar-refractivity contribution in [1.82, 2.24) is 0 Å². The normalized spacial score (nSPS) is 22.4. The molecule has 86 valence electrons. The Morgan fingerprint density at radius 1 is 1.38 bits per heavy atom. The van der Waals surface area contributed by atoms with Gasteiger partial charge < -0.3 is 14.4 Å². The maximum absolute atomic E-state index is 11.0. The van der Waals surface area contributed by atoms with Crippen molar-refractivity contribution in [2.45, 2.75) is 19.9 Å². The minimum absolute atomic E-state index is 0.0131. The predicted octanol–water partition coefficient (Wildman–Crippen LogP) is 2.11. The first-order valence-corrected chi connectivity index (χ1v) is 5.44. The fourth-order valence-electron chi connectivity index (χ4n) is 2.22. The van der Waals surface area contributed by atoms with E-state index in [9.17, 15) is 4.79 Å². The van der Waals surface area contributed by atoms with Gasteiger partial charge in [-0.15, -0.1) is 0 Å². The van der Waals surface area contributed by atoms with Crippen LogP contribution in [0.2, 0.25) is 0 Å². The highest BCUT2D eigenvalue weighted by molar-refractivity contribution is 5.71. The van der Waals surface area contributed by atoms with Gasteiger partial charge in [-0.1, -0.05) is 13.8 Å². The molecule has 0 spiro atoms. The van der Waals surface area contributed by atoms with Crippen LogP contribution in [0, 0.1) is 5.41 Å². The summed E-state index contributed by atoms with van der Waals surface area (Å²) in [5.41, 5.74) is 1.17. The highest BCUT2D eigenvalue weighted by Crippen LogP contribution is 2.39. The number of nitrogens with zero attached hydrogens (tertiary/aromatic N) is 1. The molecule has 3 nitrogen and oxygen atoms in total. The molecule has 1 aromatic rings. The Bertz CT molecular complexity index is 383. The van der Waals surface area contributed by atoms with Gasteiger partial charge in [-0.05, 0) is 24.3 Å². The SMILES string of the molecule is COc1ccc(N2CC(C)(C)[C@H]2C=O)cc1. The first kappa shape index (κ1) is 11.0. The van der Waals surface area contributed by atoms with E-state index in [1.807, 2.05) is 24.3 Å². The maximum atomic E-state index is 11.0. The van der Waals surface area contributed by atoms with Crippen LogP contribution in [-0.4, -0.2) is 26.0 Å². The fourth-order valence-corrected chi connectivity index (χ4v) is 2.22. The topological polar surface area (TPSA) is 29.5 Å². The van der Waals surface area contributed by atoms with Gasteiger partial charge in [-0.2, -0.15) is 0 Å². The number of rotatable bonds is 3. The number of hydrogen-bond acceptors (Lipinski definition) is 3. The van der Waals surface area contributed by atoms with Crippen LogP contribution in [0.1, 0.15) is 13.8 Å². The van der Waals surface area contributed by atoms with E-state index in [0.29, 0.717) is 0 Å². The molecule has 1 aliphatic rings. The Morgan fingerprint density at radius 2 is 2.00 bits per heavy atom. The van der Waals surface area contributed by atoms with Gasteiger partial charge in [0.05, 0.1) is 13.2 Å². The lowest BCUT2D eigenvalue weighted by Crippen LogP contribution is -2.63. The molecule has 1 aromatic carbocycles. The largest absolute Gasteiger partial charge is 0.497 e. The van der Waals surface area contributed by atoms with Crippen molar-refractivity contribution < 1.29 is 9.53 Å². The van der Waals surface area contributed by atoms with E-state index >= 15 is 0 Å². The molecule has 0 amide bonds. The molecule has 1 fully saturated rings. The number of aldehydes is 1. The number of carbonyl (C=O) groups is 1. The molecule has 0 aliphatic carbocycles. The third-order valence-electron chi connectivity index (χ3n) is 3.25. The van der Waals surface area contributed by atoms with Crippen molar-refractivity contribution in [1.29, 1.82) is 0 Å². The number of methoxy groups -OCH3 is 1. The van der Waals surface area contributed by atoms with Gasteiger partial charge in [-0.25, -0.2) is 0 Å². The van der Waals surface area contributed by atoms with Gasteiger partial charge in [0.15, 0.2) is 0 Å². The van der Waals surface area contributed by atoms with Crippen molar-refractivity contribution in [3.8, 4) is 5.75 Å². The molecule has 0 N–H and O–H groups in total. The molecule has 3 heteroatoms. The van der Waals surface area contributed by atoms with Gasteiger partial charge in [0.1, 0.15) is 12.0 Å². The molecule has 0 saturated carbocycles. The van der Waals surface area contributed by atoms with Crippen LogP contribution in [0.5, 0.6) is 5.75 Å². The summed E-state index contributed by atoms with van der Waals surface area (Å²) in [5.74, 6) is 0.839. The summed E-state index contributed by atoms with van der Waals surface area (Å²) < 4.78 is 5.11. The molecule has 1 aliphatic heterocycles. The Balaban J connectivity index is 2.17. The summed E-state index contributed by atoms with van der Waals surface area (Å²) in [6.07, 6.45) is 1.04. The van der Waals surface area contributed by atoms with Gasteiger partial charge >= 0.3 is 0 Å². The molecule has 1 saturated heterocycles. The van der Waals surface area contributed by atoms with E-state index in [1.165, 1.54) is 0 Å². The van der Waals surface area contributed by atoms with Crippen molar-refractivity contribution in [3.63, 3.8) is 0 Å². The monoisotopic (exact) mass is 219 g/mol. The smallest absolute Gasteiger partial charge is 0.143 e. The van der Waals surface area contributed by atoms with Crippen LogP contribution in [0.3, 0.4) is 0 Å². The third-order valence-corrected chi connectivity index (χ3v) is 3.25. The summed E-state index contributed by atoms with van der Waals surface area (Å²) in [4.78, 5) is 13.2. The quantitative estimate of drug-likeness (QED) is 0.729. The van der Waals surface area contributed by atoms with Crippen LogP contribution in [0.4, 0.5) is 5.69 Å². The molecule has 1 heterocycles. The van der Waals surface area contributed by atoms with Crippen LogP contribution >= 0.6 is 0 Å². The van der Waals surface area contributed by atoms with E-state index in [0.717, 1.165) is 24.3 Å². The zero-order valence-corrected chi connectivity index (χ0v) is 9.93. The minimum Gasteiger partial charge on any atom is -0.497 e. The molecule has 2 rings (SSSR count). The average molecular weight is 219 g/mol. The number of benzene rings is 1. The first-order chi connectivity index (χ1) is 7.58. The van der Waals surface area contributed by atoms with Crippen LogP contribution in [0.15, 0.2) is 24.3 Å². The van der Waals surface area contributed by atoms with Crippen molar-refractivity contribution >= 4 is 12.0 Å². The minimum atomic E-state index is -0.0131. The van der Waals surface area contributed by atoms with E-state index in [-0.39, 0.29) is 11.5 Å². The molecule has 16 heavy (non-hydrogen) atoms. The summed E-state index contributed by atoms with van der Waals surface area (Å²) in [5, 5.41) is 0. The molecule has 0 unspecified atom stereocenters. The Morgan fingerprint density at radius 3 is 2.44 bits per heavy atom. The second-order valence-electron chi connectivity index (χ2n) is 4.90. The van der Waals surface area contributed by atoms with Crippen LogP contribution in [0.25, 0.3) is 0 Å². The lowest BCUT2D eigenvalue weighted by atomic mass is 9.75. The van der Waals surface area contributed by atoms with Gasteiger partial charge in [0.2, 0.25) is 0 Å². The first-order valence-electron chi connectivity index (χ1n) is 5.44. The van der Waals surface area contributed by atoms with Crippen molar-refractivity contribution in [3.05, 3.63) is 24.3 Å².